The number of nitrogens with one attached hydrogen (secondary N) is 1. The fourth-order valence-corrected chi connectivity index (χ4v) is 1.59. The minimum Gasteiger partial charge on any atom is -0.497 e. The molecule has 1 unspecified atom stereocenters. The largest absolute Gasteiger partial charge is 0.497 e. The van der Waals surface area contributed by atoms with Crippen molar-refractivity contribution in [2.45, 2.75) is 19.9 Å². The van der Waals surface area contributed by atoms with Crippen LogP contribution in [0.15, 0.2) is 18.2 Å². The van der Waals surface area contributed by atoms with Crippen molar-refractivity contribution in [2.75, 3.05) is 26.9 Å². The maximum absolute atomic E-state index is 13.7. The number of hydrogen-bond donors (Lipinski definition) is 1. The zero-order valence-electron chi connectivity index (χ0n) is 10.6. The van der Waals surface area contributed by atoms with E-state index in [1.807, 2.05) is 13.8 Å². The van der Waals surface area contributed by atoms with Gasteiger partial charge in [-0.05, 0) is 19.9 Å². The standard InChI is InChI=1S/C13H20FNO2/c1-4-17-8-7-15-10(2)12-6-5-11(16-3)9-13(12)14/h5-6,9-10,15H,4,7-8H2,1-3H3. The van der Waals surface area contributed by atoms with Crippen LogP contribution in [-0.4, -0.2) is 26.9 Å². The Balaban J connectivity index is 2.53. The predicted molar refractivity (Wildman–Crippen MR) is 65.9 cm³/mol. The lowest BCUT2D eigenvalue weighted by Gasteiger charge is -2.15. The lowest BCUT2D eigenvalue weighted by Crippen LogP contribution is -2.24. The quantitative estimate of drug-likeness (QED) is 0.744. The van der Waals surface area contributed by atoms with Gasteiger partial charge in [0.2, 0.25) is 0 Å². The molecule has 1 atom stereocenters. The van der Waals surface area contributed by atoms with Crippen molar-refractivity contribution in [3.63, 3.8) is 0 Å². The van der Waals surface area contributed by atoms with Crippen LogP contribution in [0.4, 0.5) is 4.39 Å². The second-order valence-electron chi connectivity index (χ2n) is 3.76. The molecule has 1 aromatic rings. The molecule has 17 heavy (non-hydrogen) atoms. The molecule has 1 aromatic carbocycles. The highest BCUT2D eigenvalue weighted by molar-refractivity contribution is 5.30. The summed E-state index contributed by atoms with van der Waals surface area (Å²) in [5.74, 6) is 0.286. The number of ether oxygens (including phenoxy) is 2. The first-order valence-electron chi connectivity index (χ1n) is 5.83. The SMILES string of the molecule is CCOCCNC(C)c1ccc(OC)cc1F. The molecule has 1 rings (SSSR count). The van der Waals surface area contributed by atoms with Gasteiger partial charge in [-0.15, -0.1) is 0 Å². The second kappa shape index (κ2) is 7.25. The molecule has 0 amide bonds. The van der Waals surface area contributed by atoms with Gasteiger partial charge >= 0.3 is 0 Å². The first kappa shape index (κ1) is 13.9. The van der Waals surface area contributed by atoms with E-state index >= 15 is 0 Å². The molecule has 0 aliphatic heterocycles. The van der Waals surface area contributed by atoms with E-state index in [1.165, 1.54) is 13.2 Å². The molecular weight excluding hydrogens is 221 g/mol. The highest BCUT2D eigenvalue weighted by Gasteiger charge is 2.10. The summed E-state index contributed by atoms with van der Waals surface area (Å²) in [6.45, 7) is 5.93. The first-order valence-corrected chi connectivity index (χ1v) is 5.83. The molecule has 0 spiro atoms. The van der Waals surface area contributed by atoms with Crippen LogP contribution in [0.25, 0.3) is 0 Å². The molecule has 1 N–H and O–H groups in total. The van der Waals surface area contributed by atoms with E-state index in [-0.39, 0.29) is 11.9 Å². The van der Waals surface area contributed by atoms with Gasteiger partial charge in [0, 0.05) is 30.8 Å². The number of rotatable bonds is 7. The molecule has 96 valence electrons. The van der Waals surface area contributed by atoms with Crippen LogP contribution >= 0.6 is 0 Å². The summed E-state index contributed by atoms with van der Waals surface area (Å²) in [5.41, 5.74) is 0.641. The monoisotopic (exact) mass is 241 g/mol. The van der Waals surface area contributed by atoms with Crippen molar-refractivity contribution in [1.29, 1.82) is 0 Å². The first-order chi connectivity index (χ1) is 8.19. The smallest absolute Gasteiger partial charge is 0.131 e. The van der Waals surface area contributed by atoms with Crippen molar-refractivity contribution in [2.24, 2.45) is 0 Å². The van der Waals surface area contributed by atoms with Gasteiger partial charge < -0.3 is 14.8 Å². The Kier molecular flexibility index (Phi) is 5.94. The molecule has 0 fully saturated rings. The topological polar surface area (TPSA) is 30.5 Å². The lowest BCUT2D eigenvalue weighted by molar-refractivity contribution is 0.147. The highest BCUT2D eigenvalue weighted by atomic mass is 19.1. The average molecular weight is 241 g/mol. The van der Waals surface area contributed by atoms with Gasteiger partial charge in [-0.3, -0.25) is 0 Å². The van der Waals surface area contributed by atoms with Crippen LogP contribution < -0.4 is 10.1 Å². The van der Waals surface area contributed by atoms with Crippen LogP contribution in [-0.2, 0) is 4.74 Å². The van der Waals surface area contributed by atoms with Crippen molar-refractivity contribution < 1.29 is 13.9 Å². The van der Waals surface area contributed by atoms with Crippen LogP contribution in [0.1, 0.15) is 25.5 Å². The molecule has 4 heteroatoms. The Morgan fingerprint density at radius 1 is 1.41 bits per heavy atom. The van der Waals surface area contributed by atoms with Gasteiger partial charge in [-0.2, -0.15) is 0 Å². The molecular formula is C13H20FNO2. The molecule has 0 aliphatic rings. The van der Waals surface area contributed by atoms with Crippen LogP contribution in [0, 0.1) is 5.82 Å². The maximum Gasteiger partial charge on any atom is 0.131 e. The summed E-state index contributed by atoms with van der Waals surface area (Å²) in [4.78, 5) is 0. The summed E-state index contributed by atoms with van der Waals surface area (Å²) in [7, 11) is 1.53. The Labute approximate surface area is 102 Å². The summed E-state index contributed by atoms with van der Waals surface area (Å²) < 4.78 is 23.9. The third-order valence-corrected chi connectivity index (χ3v) is 2.58. The van der Waals surface area contributed by atoms with Crippen molar-refractivity contribution in [1.82, 2.24) is 5.32 Å². The molecule has 0 saturated heterocycles. The average Bonchev–Trinajstić information content (AvgIpc) is 2.34. The van der Waals surface area contributed by atoms with Gasteiger partial charge in [0.25, 0.3) is 0 Å². The van der Waals surface area contributed by atoms with E-state index in [1.54, 1.807) is 12.1 Å². The van der Waals surface area contributed by atoms with Gasteiger partial charge in [0.15, 0.2) is 0 Å². The van der Waals surface area contributed by atoms with Gasteiger partial charge in [-0.1, -0.05) is 6.07 Å². The van der Waals surface area contributed by atoms with E-state index in [0.29, 0.717) is 31.1 Å². The Morgan fingerprint density at radius 3 is 2.76 bits per heavy atom. The third kappa shape index (κ3) is 4.32. The van der Waals surface area contributed by atoms with E-state index in [4.69, 9.17) is 9.47 Å². The molecule has 0 aromatic heterocycles. The lowest BCUT2D eigenvalue weighted by atomic mass is 10.1. The molecule has 3 nitrogen and oxygen atoms in total. The molecule has 0 radical (unpaired) electrons. The van der Waals surface area contributed by atoms with Gasteiger partial charge in [-0.25, -0.2) is 4.39 Å². The van der Waals surface area contributed by atoms with Crippen LogP contribution in [0.2, 0.25) is 0 Å². The van der Waals surface area contributed by atoms with Crippen LogP contribution in [0.5, 0.6) is 5.75 Å². The van der Waals surface area contributed by atoms with E-state index in [9.17, 15) is 4.39 Å². The van der Waals surface area contributed by atoms with E-state index in [2.05, 4.69) is 5.32 Å². The van der Waals surface area contributed by atoms with E-state index in [0.717, 1.165) is 0 Å². The minimum atomic E-state index is -0.249. The summed E-state index contributed by atoms with van der Waals surface area (Å²) in [6, 6.07) is 4.86. The Bertz CT molecular complexity index is 344. The molecule has 0 aliphatic carbocycles. The Hall–Kier alpha value is -1.13. The van der Waals surface area contributed by atoms with E-state index < -0.39 is 0 Å². The number of methoxy groups -OCH3 is 1. The molecule has 0 bridgehead atoms. The van der Waals surface area contributed by atoms with Gasteiger partial charge in [0.05, 0.1) is 13.7 Å². The third-order valence-electron chi connectivity index (χ3n) is 2.58. The highest BCUT2D eigenvalue weighted by Crippen LogP contribution is 2.21. The number of halogens is 1. The van der Waals surface area contributed by atoms with Crippen molar-refractivity contribution >= 4 is 0 Å². The van der Waals surface area contributed by atoms with Crippen molar-refractivity contribution in [3.05, 3.63) is 29.6 Å². The summed E-state index contributed by atoms with van der Waals surface area (Å²) in [6.07, 6.45) is 0. The summed E-state index contributed by atoms with van der Waals surface area (Å²) >= 11 is 0. The normalized spacial score (nSPS) is 12.5. The second-order valence-corrected chi connectivity index (χ2v) is 3.76. The molecule has 0 heterocycles. The maximum atomic E-state index is 13.7. The Morgan fingerprint density at radius 2 is 2.18 bits per heavy atom. The van der Waals surface area contributed by atoms with Crippen molar-refractivity contribution in [3.8, 4) is 5.75 Å². The fraction of sp³-hybridized carbons (Fsp3) is 0.538. The predicted octanol–water partition coefficient (Wildman–Crippen LogP) is 2.52. The van der Waals surface area contributed by atoms with Gasteiger partial charge in [0.1, 0.15) is 11.6 Å². The zero-order valence-corrected chi connectivity index (χ0v) is 10.6. The molecule has 0 saturated carbocycles. The zero-order chi connectivity index (χ0) is 12.7. The minimum absolute atomic E-state index is 0.0404. The fourth-order valence-electron chi connectivity index (χ4n) is 1.59. The summed E-state index contributed by atoms with van der Waals surface area (Å²) in [5, 5.41) is 3.21. The number of hydrogen-bond acceptors (Lipinski definition) is 3. The number of benzene rings is 1. The van der Waals surface area contributed by atoms with Crippen LogP contribution in [0.3, 0.4) is 0 Å².